The molecule has 0 fully saturated rings. The second kappa shape index (κ2) is 9.27. The zero-order chi connectivity index (χ0) is 19.1. The van der Waals surface area contributed by atoms with E-state index < -0.39 is 6.17 Å². The van der Waals surface area contributed by atoms with Crippen molar-refractivity contribution in [3.05, 3.63) is 106 Å². The lowest BCUT2D eigenvalue weighted by Gasteiger charge is -2.08. The van der Waals surface area contributed by atoms with Crippen molar-refractivity contribution in [1.29, 1.82) is 0 Å². The minimum absolute atomic E-state index is 0.149. The number of aryl methyl sites for hydroxylation is 1. The lowest BCUT2D eigenvalue weighted by atomic mass is 10.0. The van der Waals surface area contributed by atoms with E-state index in [1.54, 1.807) is 6.07 Å². The first kappa shape index (κ1) is 19.0. The summed E-state index contributed by atoms with van der Waals surface area (Å²) in [5.74, 6) is -0.149. The van der Waals surface area contributed by atoms with Gasteiger partial charge in [0.15, 0.2) is 0 Å². The molecule has 0 aliphatic heterocycles. The third kappa shape index (κ3) is 5.37. The minimum Gasteiger partial charge on any atom is -0.242 e. The van der Waals surface area contributed by atoms with E-state index in [2.05, 4.69) is 0 Å². The van der Waals surface area contributed by atoms with Crippen LogP contribution in [0, 0.1) is 5.82 Å². The Morgan fingerprint density at radius 2 is 1.52 bits per heavy atom. The van der Waals surface area contributed by atoms with Crippen molar-refractivity contribution >= 4 is 12.2 Å². The molecule has 0 aromatic heterocycles. The van der Waals surface area contributed by atoms with E-state index in [0.717, 1.165) is 35.1 Å². The first-order valence-corrected chi connectivity index (χ1v) is 9.40. The Kier molecular flexibility index (Phi) is 6.54. The van der Waals surface area contributed by atoms with Crippen LogP contribution >= 0.6 is 0 Å². The number of halogens is 2. The van der Waals surface area contributed by atoms with Crippen LogP contribution in [-0.4, -0.2) is 0 Å². The van der Waals surface area contributed by atoms with Gasteiger partial charge in [-0.1, -0.05) is 92.2 Å². The molecule has 0 aliphatic rings. The Hall–Kier alpha value is -2.74. The van der Waals surface area contributed by atoms with Gasteiger partial charge in [-0.05, 0) is 40.3 Å². The molecule has 0 spiro atoms. The zero-order valence-electron chi connectivity index (χ0n) is 15.5. The zero-order valence-corrected chi connectivity index (χ0v) is 15.5. The van der Waals surface area contributed by atoms with E-state index in [9.17, 15) is 8.78 Å². The largest absolute Gasteiger partial charge is 0.242 e. The van der Waals surface area contributed by atoms with Crippen LogP contribution in [0.1, 0.15) is 47.3 Å². The second-order valence-corrected chi connectivity index (χ2v) is 6.76. The molecule has 138 valence electrons. The monoisotopic (exact) mass is 362 g/mol. The van der Waals surface area contributed by atoms with Gasteiger partial charge in [-0.25, -0.2) is 8.78 Å². The van der Waals surface area contributed by atoms with Crippen LogP contribution in [0.5, 0.6) is 0 Å². The van der Waals surface area contributed by atoms with Crippen molar-refractivity contribution in [3.63, 3.8) is 0 Å². The fourth-order valence-electron chi connectivity index (χ4n) is 3.08. The Balaban J connectivity index is 1.63. The van der Waals surface area contributed by atoms with Gasteiger partial charge < -0.3 is 0 Å². The molecular weight excluding hydrogens is 338 g/mol. The van der Waals surface area contributed by atoms with Gasteiger partial charge in [0, 0.05) is 6.42 Å². The highest BCUT2D eigenvalue weighted by Crippen LogP contribution is 2.22. The van der Waals surface area contributed by atoms with E-state index >= 15 is 0 Å². The normalized spacial score (nSPS) is 12.4. The molecule has 0 saturated carbocycles. The van der Waals surface area contributed by atoms with Gasteiger partial charge in [-0.2, -0.15) is 0 Å². The number of hydrogen-bond acceptors (Lipinski definition) is 0. The van der Waals surface area contributed by atoms with Crippen LogP contribution in [0.3, 0.4) is 0 Å². The molecule has 0 N–H and O–H groups in total. The first-order valence-electron chi connectivity index (χ1n) is 9.40. The van der Waals surface area contributed by atoms with E-state index in [1.165, 1.54) is 0 Å². The van der Waals surface area contributed by atoms with Gasteiger partial charge in [0.25, 0.3) is 0 Å². The lowest BCUT2D eigenvalue weighted by molar-refractivity contribution is 0.342. The molecule has 0 unspecified atom stereocenters. The molecule has 0 heterocycles. The van der Waals surface area contributed by atoms with Gasteiger partial charge in [-0.15, -0.1) is 0 Å². The summed E-state index contributed by atoms with van der Waals surface area (Å²) in [4.78, 5) is 0. The highest BCUT2D eigenvalue weighted by atomic mass is 19.1. The van der Waals surface area contributed by atoms with Crippen molar-refractivity contribution in [2.24, 2.45) is 0 Å². The average molecular weight is 362 g/mol. The van der Waals surface area contributed by atoms with Gasteiger partial charge in [0.05, 0.1) is 0 Å². The molecule has 27 heavy (non-hydrogen) atoms. The molecule has 3 aromatic carbocycles. The number of hydrogen-bond donors (Lipinski definition) is 0. The molecule has 1 atom stereocenters. The quantitative estimate of drug-likeness (QED) is 0.390. The van der Waals surface area contributed by atoms with Crippen LogP contribution in [0.25, 0.3) is 12.2 Å². The van der Waals surface area contributed by atoms with Gasteiger partial charge in [0.1, 0.15) is 12.0 Å². The molecule has 0 amide bonds. The van der Waals surface area contributed by atoms with Crippen LogP contribution in [-0.2, 0) is 12.8 Å². The van der Waals surface area contributed by atoms with Crippen molar-refractivity contribution in [3.8, 4) is 0 Å². The van der Waals surface area contributed by atoms with Crippen LogP contribution in [0.15, 0.2) is 72.8 Å². The van der Waals surface area contributed by atoms with Gasteiger partial charge in [-0.3, -0.25) is 0 Å². The SMILES string of the molecule is CCCc1ccc(C=Cc2ccc(C[C@@H](F)c3ccccc3)cc2)cc1F. The molecule has 0 radical (unpaired) electrons. The average Bonchev–Trinajstić information content (AvgIpc) is 2.70. The van der Waals surface area contributed by atoms with Crippen LogP contribution < -0.4 is 0 Å². The molecule has 0 nitrogen and oxygen atoms in total. The molecule has 3 aromatic rings. The maximum atomic E-state index is 14.4. The Bertz CT molecular complexity index is 880. The highest BCUT2D eigenvalue weighted by molar-refractivity contribution is 5.69. The molecular formula is C25H24F2. The Morgan fingerprint density at radius 3 is 2.19 bits per heavy atom. The molecule has 3 rings (SSSR count). The van der Waals surface area contributed by atoms with Gasteiger partial charge >= 0.3 is 0 Å². The third-order valence-electron chi connectivity index (χ3n) is 4.62. The summed E-state index contributed by atoms with van der Waals surface area (Å²) in [6, 6.07) is 22.4. The van der Waals surface area contributed by atoms with Crippen molar-refractivity contribution in [2.45, 2.75) is 32.4 Å². The van der Waals surface area contributed by atoms with Crippen molar-refractivity contribution in [2.75, 3.05) is 0 Å². The van der Waals surface area contributed by atoms with Crippen LogP contribution in [0.2, 0.25) is 0 Å². The minimum atomic E-state index is -1.00. The number of benzene rings is 3. The predicted molar refractivity (Wildman–Crippen MR) is 110 cm³/mol. The fourth-order valence-corrected chi connectivity index (χ4v) is 3.08. The lowest BCUT2D eigenvalue weighted by Crippen LogP contribution is -1.96. The molecule has 0 saturated heterocycles. The first-order chi connectivity index (χ1) is 13.2. The van der Waals surface area contributed by atoms with Crippen LogP contribution in [0.4, 0.5) is 8.78 Å². The summed E-state index contributed by atoms with van der Waals surface area (Å²) in [6.45, 7) is 2.04. The Morgan fingerprint density at radius 1 is 0.852 bits per heavy atom. The predicted octanol–water partition coefficient (Wildman–Crippen LogP) is 7.20. The number of rotatable bonds is 7. The fraction of sp³-hybridized carbons (Fsp3) is 0.200. The highest BCUT2D eigenvalue weighted by Gasteiger charge is 2.09. The van der Waals surface area contributed by atoms with Gasteiger partial charge in [0.2, 0.25) is 0 Å². The summed E-state index contributed by atoms with van der Waals surface area (Å²) in [7, 11) is 0. The van der Waals surface area contributed by atoms with Crippen molar-refractivity contribution < 1.29 is 8.78 Å². The summed E-state index contributed by atoms with van der Waals surface area (Å²) < 4.78 is 28.4. The van der Waals surface area contributed by atoms with E-state index in [-0.39, 0.29) is 5.82 Å². The topological polar surface area (TPSA) is 0 Å². The smallest absolute Gasteiger partial charge is 0.129 e. The summed E-state index contributed by atoms with van der Waals surface area (Å²) in [5.41, 5.74) is 4.27. The van der Waals surface area contributed by atoms with E-state index in [1.807, 2.05) is 85.8 Å². The molecule has 2 heteroatoms. The van der Waals surface area contributed by atoms with E-state index in [4.69, 9.17) is 0 Å². The molecule has 0 bridgehead atoms. The summed E-state index contributed by atoms with van der Waals surface area (Å²) in [5, 5.41) is 0. The summed E-state index contributed by atoms with van der Waals surface area (Å²) in [6.07, 6.45) is 4.89. The maximum absolute atomic E-state index is 14.4. The van der Waals surface area contributed by atoms with Crippen molar-refractivity contribution in [1.82, 2.24) is 0 Å². The molecule has 0 aliphatic carbocycles. The maximum Gasteiger partial charge on any atom is 0.129 e. The van der Waals surface area contributed by atoms with E-state index in [0.29, 0.717) is 12.0 Å². The second-order valence-electron chi connectivity index (χ2n) is 6.76. The summed E-state index contributed by atoms with van der Waals surface area (Å²) >= 11 is 0. The standard InChI is InChI=1S/C25H24F2/c1-2-6-22-16-15-21(18-24(22)26)14-11-19-9-12-20(13-10-19)17-25(27)23-7-4-3-5-8-23/h3-5,7-16,18,25H,2,6,17H2,1H3/t25-/m1/s1. The third-order valence-corrected chi connectivity index (χ3v) is 4.62. The Labute approximate surface area is 160 Å². The number of alkyl halides is 1.